The quantitative estimate of drug-likeness (QED) is 0.874. The summed E-state index contributed by atoms with van der Waals surface area (Å²) in [5.74, 6) is 0.462. The van der Waals surface area contributed by atoms with E-state index in [1.54, 1.807) is 12.3 Å². The van der Waals surface area contributed by atoms with Crippen LogP contribution in [-0.2, 0) is 10.0 Å². The number of hydrogen-bond acceptors (Lipinski definition) is 3. The third kappa shape index (κ3) is 4.02. The molecule has 2 rings (SSSR count). The molecule has 1 aromatic rings. The molecule has 1 aliphatic carbocycles. The number of sulfonamides is 1. The van der Waals surface area contributed by atoms with Crippen LogP contribution < -0.4 is 4.72 Å². The van der Waals surface area contributed by atoms with Crippen molar-refractivity contribution in [1.29, 1.82) is 0 Å². The molecular formula is C14H21BrN2O2S. The van der Waals surface area contributed by atoms with Gasteiger partial charge in [-0.15, -0.1) is 0 Å². The Kier molecular flexibility index (Phi) is 5.57. The van der Waals surface area contributed by atoms with Crippen LogP contribution in [0.25, 0.3) is 0 Å². The standard InChI is InChI=1S/C14H21BrN2O2S/c1-2-14(11-6-4-3-5-7-11)17-20(18,19)13-8-12(15)9-16-10-13/h8-11,14,17H,2-7H2,1H3. The first-order valence-corrected chi connectivity index (χ1v) is 9.43. The summed E-state index contributed by atoms with van der Waals surface area (Å²) in [5.41, 5.74) is 0. The molecule has 1 fully saturated rings. The second kappa shape index (κ2) is 7.00. The molecule has 0 aliphatic heterocycles. The minimum absolute atomic E-state index is 0.0271. The van der Waals surface area contributed by atoms with Crippen LogP contribution in [0.1, 0.15) is 45.4 Å². The molecule has 0 radical (unpaired) electrons. The predicted molar refractivity (Wildman–Crippen MR) is 82.9 cm³/mol. The van der Waals surface area contributed by atoms with Crippen LogP contribution in [0.2, 0.25) is 0 Å². The lowest BCUT2D eigenvalue weighted by Crippen LogP contribution is -2.40. The Labute approximate surface area is 129 Å². The molecule has 1 unspecified atom stereocenters. The van der Waals surface area contributed by atoms with E-state index in [4.69, 9.17) is 0 Å². The number of hydrogen-bond donors (Lipinski definition) is 1. The van der Waals surface area contributed by atoms with Gasteiger partial charge in [-0.3, -0.25) is 4.98 Å². The van der Waals surface area contributed by atoms with E-state index in [1.165, 1.54) is 25.5 Å². The van der Waals surface area contributed by atoms with Crippen LogP contribution in [0.15, 0.2) is 27.8 Å². The maximum absolute atomic E-state index is 12.4. The van der Waals surface area contributed by atoms with Gasteiger partial charge in [0.15, 0.2) is 0 Å². The van der Waals surface area contributed by atoms with Gasteiger partial charge in [-0.2, -0.15) is 0 Å². The highest BCUT2D eigenvalue weighted by atomic mass is 79.9. The Morgan fingerprint density at radius 2 is 2.05 bits per heavy atom. The summed E-state index contributed by atoms with van der Waals surface area (Å²) < 4.78 is 28.4. The molecular weight excluding hydrogens is 340 g/mol. The first kappa shape index (κ1) is 15.9. The Hall–Kier alpha value is -0.460. The van der Waals surface area contributed by atoms with Gasteiger partial charge in [0.2, 0.25) is 10.0 Å². The fraction of sp³-hybridized carbons (Fsp3) is 0.643. The smallest absolute Gasteiger partial charge is 0.242 e. The average molecular weight is 361 g/mol. The van der Waals surface area contributed by atoms with Crippen molar-refractivity contribution in [3.63, 3.8) is 0 Å². The van der Waals surface area contributed by atoms with Gasteiger partial charge in [-0.1, -0.05) is 26.2 Å². The fourth-order valence-corrected chi connectivity index (χ4v) is 4.75. The summed E-state index contributed by atoms with van der Waals surface area (Å²) >= 11 is 3.26. The molecule has 6 heteroatoms. The van der Waals surface area contributed by atoms with Crippen molar-refractivity contribution < 1.29 is 8.42 Å². The largest absolute Gasteiger partial charge is 0.262 e. The third-order valence-corrected chi connectivity index (χ3v) is 5.85. The predicted octanol–water partition coefficient (Wildman–Crippen LogP) is 3.48. The second-order valence-electron chi connectivity index (χ2n) is 5.37. The Morgan fingerprint density at radius 1 is 1.35 bits per heavy atom. The highest BCUT2D eigenvalue weighted by Crippen LogP contribution is 2.28. The molecule has 1 aromatic heterocycles. The van der Waals surface area contributed by atoms with Crippen molar-refractivity contribution in [2.75, 3.05) is 0 Å². The van der Waals surface area contributed by atoms with E-state index >= 15 is 0 Å². The van der Waals surface area contributed by atoms with Crippen LogP contribution in [0.4, 0.5) is 0 Å². The molecule has 0 bridgehead atoms. The summed E-state index contributed by atoms with van der Waals surface area (Å²) in [6.45, 7) is 2.04. The van der Waals surface area contributed by atoms with Crippen molar-refractivity contribution in [1.82, 2.24) is 9.71 Å². The van der Waals surface area contributed by atoms with Gasteiger partial charge in [-0.25, -0.2) is 13.1 Å². The highest BCUT2D eigenvalue weighted by molar-refractivity contribution is 9.10. The number of pyridine rings is 1. The maximum atomic E-state index is 12.4. The summed E-state index contributed by atoms with van der Waals surface area (Å²) in [5, 5.41) is 0. The van der Waals surface area contributed by atoms with Crippen molar-refractivity contribution in [3.05, 3.63) is 22.9 Å². The lowest BCUT2D eigenvalue weighted by molar-refractivity contribution is 0.285. The Bertz CT molecular complexity index is 542. The van der Waals surface area contributed by atoms with Crippen molar-refractivity contribution in [3.8, 4) is 0 Å². The van der Waals surface area contributed by atoms with Crippen molar-refractivity contribution >= 4 is 26.0 Å². The van der Waals surface area contributed by atoms with E-state index in [-0.39, 0.29) is 10.9 Å². The summed E-state index contributed by atoms with van der Waals surface area (Å²) in [6, 6.07) is 1.61. The Morgan fingerprint density at radius 3 is 2.65 bits per heavy atom. The number of nitrogens with zero attached hydrogens (tertiary/aromatic N) is 1. The molecule has 20 heavy (non-hydrogen) atoms. The molecule has 1 atom stereocenters. The van der Waals surface area contributed by atoms with E-state index in [2.05, 4.69) is 25.6 Å². The number of halogens is 1. The van der Waals surface area contributed by atoms with E-state index in [9.17, 15) is 8.42 Å². The topological polar surface area (TPSA) is 59.1 Å². The molecule has 0 aromatic carbocycles. The van der Waals surface area contributed by atoms with Gasteiger partial charge in [0, 0.05) is 22.9 Å². The molecule has 1 aliphatic rings. The number of nitrogens with one attached hydrogen (secondary N) is 1. The normalized spacial score (nSPS) is 18.9. The molecule has 0 spiro atoms. The lowest BCUT2D eigenvalue weighted by Gasteiger charge is -2.30. The SMILES string of the molecule is CCC(NS(=O)(=O)c1cncc(Br)c1)C1CCCCC1. The zero-order chi connectivity index (χ0) is 14.6. The van der Waals surface area contributed by atoms with Crippen LogP contribution in [0, 0.1) is 5.92 Å². The van der Waals surface area contributed by atoms with E-state index in [0.717, 1.165) is 19.3 Å². The first-order valence-electron chi connectivity index (χ1n) is 7.16. The van der Waals surface area contributed by atoms with Crippen LogP contribution in [-0.4, -0.2) is 19.4 Å². The van der Waals surface area contributed by atoms with Crippen LogP contribution in [0.5, 0.6) is 0 Å². The summed E-state index contributed by atoms with van der Waals surface area (Å²) in [6.07, 6.45) is 9.73. The monoisotopic (exact) mass is 360 g/mol. The second-order valence-corrected chi connectivity index (χ2v) is 8.00. The number of aromatic nitrogens is 1. The average Bonchev–Trinajstić information content (AvgIpc) is 2.46. The van der Waals surface area contributed by atoms with Gasteiger partial charge in [0.1, 0.15) is 4.90 Å². The zero-order valence-corrected chi connectivity index (χ0v) is 14.1. The first-order chi connectivity index (χ1) is 9.53. The lowest BCUT2D eigenvalue weighted by atomic mass is 9.83. The maximum Gasteiger partial charge on any atom is 0.242 e. The number of rotatable bonds is 5. The van der Waals surface area contributed by atoms with Crippen LogP contribution >= 0.6 is 15.9 Å². The molecule has 0 saturated heterocycles. The van der Waals surface area contributed by atoms with Gasteiger partial charge >= 0.3 is 0 Å². The molecule has 0 amide bonds. The van der Waals surface area contributed by atoms with E-state index < -0.39 is 10.0 Å². The van der Waals surface area contributed by atoms with E-state index in [0.29, 0.717) is 10.4 Å². The molecule has 112 valence electrons. The van der Waals surface area contributed by atoms with Gasteiger partial charge in [-0.05, 0) is 47.2 Å². The van der Waals surface area contributed by atoms with E-state index in [1.807, 2.05) is 6.92 Å². The molecule has 1 heterocycles. The minimum Gasteiger partial charge on any atom is -0.262 e. The van der Waals surface area contributed by atoms with Gasteiger partial charge in [0.05, 0.1) is 0 Å². The third-order valence-electron chi connectivity index (χ3n) is 3.96. The van der Waals surface area contributed by atoms with Gasteiger partial charge in [0.25, 0.3) is 0 Å². The summed E-state index contributed by atoms with van der Waals surface area (Å²) in [4.78, 5) is 4.15. The van der Waals surface area contributed by atoms with Crippen LogP contribution in [0.3, 0.4) is 0 Å². The zero-order valence-electron chi connectivity index (χ0n) is 11.7. The summed E-state index contributed by atoms with van der Waals surface area (Å²) in [7, 11) is -3.49. The minimum atomic E-state index is -3.49. The molecule has 1 N–H and O–H groups in total. The van der Waals surface area contributed by atoms with Crippen molar-refractivity contribution in [2.45, 2.75) is 56.4 Å². The highest BCUT2D eigenvalue weighted by Gasteiger charge is 2.27. The van der Waals surface area contributed by atoms with Gasteiger partial charge < -0.3 is 0 Å². The Balaban J connectivity index is 2.13. The van der Waals surface area contributed by atoms with Crippen molar-refractivity contribution in [2.24, 2.45) is 5.92 Å². The molecule has 1 saturated carbocycles. The fourth-order valence-electron chi connectivity index (χ4n) is 2.86. The molecule has 4 nitrogen and oxygen atoms in total.